The zero-order chi connectivity index (χ0) is 22.8. The largest absolute Gasteiger partial charge is 0.390 e. The topological polar surface area (TPSA) is 117 Å². The predicted molar refractivity (Wildman–Crippen MR) is 115 cm³/mol. The van der Waals surface area contributed by atoms with Gasteiger partial charge < -0.3 is 15.7 Å². The van der Waals surface area contributed by atoms with Crippen LogP contribution in [0.5, 0.6) is 0 Å². The molecule has 0 saturated heterocycles. The van der Waals surface area contributed by atoms with Crippen molar-refractivity contribution in [1.82, 2.24) is 14.8 Å². The molecule has 1 aromatic rings. The number of pyridine rings is 1. The van der Waals surface area contributed by atoms with E-state index in [0.29, 0.717) is 18.8 Å². The summed E-state index contributed by atoms with van der Waals surface area (Å²) >= 11 is 0. The lowest BCUT2D eigenvalue weighted by Gasteiger charge is -2.34. The second-order valence-electron chi connectivity index (χ2n) is 8.31. The van der Waals surface area contributed by atoms with Gasteiger partial charge in [0.2, 0.25) is 11.8 Å². The van der Waals surface area contributed by atoms with E-state index in [-0.39, 0.29) is 18.2 Å². The molecule has 0 aliphatic heterocycles. The lowest BCUT2D eigenvalue weighted by molar-refractivity contribution is -0.131. The highest BCUT2D eigenvalue weighted by Crippen LogP contribution is 2.19. The molecular formula is C22H36N4O4. The Hall–Kier alpha value is -2.48. The summed E-state index contributed by atoms with van der Waals surface area (Å²) in [5.74, 6) is -1.08. The molecule has 0 saturated carbocycles. The van der Waals surface area contributed by atoms with Gasteiger partial charge in [-0.15, -0.1) is 0 Å². The van der Waals surface area contributed by atoms with Gasteiger partial charge in [0.25, 0.3) is 0 Å². The van der Waals surface area contributed by atoms with Gasteiger partial charge in [-0.2, -0.15) is 0 Å². The van der Waals surface area contributed by atoms with Gasteiger partial charge in [-0.05, 0) is 49.7 Å². The number of likely N-dealkylation sites (N-methyl/N-ethyl adjacent to an activating group) is 1. The highest BCUT2D eigenvalue weighted by molar-refractivity contribution is 5.96. The monoisotopic (exact) mass is 420 g/mol. The molecule has 8 heteroatoms. The van der Waals surface area contributed by atoms with Crippen LogP contribution in [0.1, 0.15) is 52.1 Å². The molecule has 3 atom stereocenters. The Balaban J connectivity index is 2.71. The van der Waals surface area contributed by atoms with Gasteiger partial charge in [-0.25, -0.2) is 4.79 Å². The van der Waals surface area contributed by atoms with E-state index >= 15 is 0 Å². The Bertz CT molecular complexity index is 696. The van der Waals surface area contributed by atoms with Crippen LogP contribution in [0.2, 0.25) is 0 Å². The molecule has 0 bridgehead atoms. The van der Waals surface area contributed by atoms with E-state index in [1.54, 1.807) is 6.20 Å². The smallest absolute Gasteiger partial charge is 0.326 e. The highest BCUT2D eigenvalue weighted by Gasteiger charge is 2.36. The number of aliphatic hydroxyl groups is 1. The number of hydrogen-bond acceptors (Lipinski definition) is 5. The van der Waals surface area contributed by atoms with Crippen LogP contribution in [-0.2, 0) is 16.0 Å². The Morgan fingerprint density at radius 2 is 1.80 bits per heavy atom. The highest BCUT2D eigenvalue weighted by atomic mass is 16.3. The van der Waals surface area contributed by atoms with Crippen LogP contribution >= 0.6 is 0 Å². The van der Waals surface area contributed by atoms with Gasteiger partial charge in [-0.1, -0.05) is 26.8 Å². The van der Waals surface area contributed by atoms with Crippen molar-refractivity contribution in [3.8, 4) is 0 Å². The SMILES string of the molecule is CC(C)CCC(=O)N(C)C(=O)N(C)[C@H](C(N)=O)[C@H](O)[C@H](C)CCCc1ccccn1. The fourth-order valence-corrected chi connectivity index (χ4v) is 3.26. The van der Waals surface area contributed by atoms with E-state index in [4.69, 9.17) is 5.73 Å². The van der Waals surface area contributed by atoms with Crippen molar-refractivity contribution in [2.24, 2.45) is 17.6 Å². The average Bonchev–Trinajstić information content (AvgIpc) is 2.71. The maximum Gasteiger partial charge on any atom is 0.326 e. The summed E-state index contributed by atoms with van der Waals surface area (Å²) in [6.07, 6.45) is 3.64. The van der Waals surface area contributed by atoms with Crippen LogP contribution in [0.4, 0.5) is 4.79 Å². The molecule has 168 valence electrons. The van der Waals surface area contributed by atoms with Crippen LogP contribution in [0.3, 0.4) is 0 Å². The quantitative estimate of drug-likeness (QED) is 0.569. The molecule has 8 nitrogen and oxygen atoms in total. The van der Waals surface area contributed by atoms with Crippen molar-refractivity contribution in [2.75, 3.05) is 14.1 Å². The third-order valence-electron chi connectivity index (χ3n) is 5.33. The van der Waals surface area contributed by atoms with Crippen molar-refractivity contribution in [1.29, 1.82) is 0 Å². The van der Waals surface area contributed by atoms with Gasteiger partial charge >= 0.3 is 6.03 Å². The Labute approximate surface area is 179 Å². The molecule has 30 heavy (non-hydrogen) atoms. The van der Waals surface area contributed by atoms with Crippen molar-refractivity contribution in [2.45, 2.75) is 65.0 Å². The number of urea groups is 1. The first kappa shape index (κ1) is 25.6. The first-order chi connectivity index (χ1) is 14.1. The van der Waals surface area contributed by atoms with Crippen molar-refractivity contribution >= 4 is 17.8 Å². The van der Waals surface area contributed by atoms with E-state index in [1.165, 1.54) is 14.1 Å². The fraction of sp³-hybridized carbons (Fsp3) is 0.636. The first-order valence-electron chi connectivity index (χ1n) is 10.5. The van der Waals surface area contributed by atoms with E-state index in [0.717, 1.165) is 28.3 Å². The second kappa shape index (κ2) is 12.3. The summed E-state index contributed by atoms with van der Waals surface area (Å²) in [5.41, 5.74) is 6.46. The summed E-state index contributed by atoms with van der Waals surface area (Å²) in [6, 6.07) is 3.83. The number of aliphatic hydroxyl groups excluding tert-OH is 1. The fourth-order valence-electron chi connectivity index (χ4n) is 3.26. The van der Waals surface area contributed by atoms with Crippen molar-refractivity contribution < 1.29 is 19.5 Å². The lowest BCUT2D eigenvalue weighted by atomic mass is 9.91. The van der Waals surface area contributed by atoms with Gasteiger partial charge in [0.15, 0.2) is 0 Å². The maximum absolute atomic E-state index is 12.7. The van der Waals surface area contributed by atoms with Crippen LogP contribution < -0.4 is 5.73 Å². The number of nitrogens with two attached hydrogens (primary N) is 1. The molecule has 0 unspecified atom stereocenters. The minimum atomic E-state index is -1.22. The molecule has 0 aliphatic rings. The van der Waals surface area contributed by atoms with Crippen LogP contribution in [0.25, 0.3) is 0 Å². The molecule has 1 heterocycles. The Kier molecular flexibility index (Phi) is 10.5. The molecule has 1 aromatic heterocycles. The Morgan fingerprint density at radius 3 is 2.33 bits per heavy atom. The average molecular weight is 421 g/mol. The summed E-state index contributed by atoms with van der Waals surface area (Å²) in [4.78, 5) is 43.3. The zero-order valence-electron chi connectivity index (χ0n) is 18.7. The normalized spacial score (nSPS) is 14.1. The van der Waals surface area contributed by atoms with Crippen LogP contribution in [-0.4, -0.2) is 64.0 Å². The van der Waals surface area contributed by atoms with Gasteiger partial charge in [0.05, 0.1) is 6.10 Å². The van der Waals surface area contributed by atoms with Gasteiger partial charge in [0, 0.05) is 32.4 Å². The summed E-state index contributed by atoms with van der Waals surface area (Å²) in [5, 5.41) is 10.7. The summed E-state index contributed by atoms with van der Waals surface area (Å²) in [6.45, 7) is 5.81. The van der Waals surface area contributed by atoms with Gasteiger partial charge in [0.1, 0.15) is 6.04 Å². The number of imide groups is 1. The number of primary amides is 1. The van der Waals surface area contributed by atoms with Crippen LogP contribution in [0, 0.1) is 11.8 Å². The second-order valence-corrected chi connectivity index (χ2v) is 8.31. The third-order valence-corrected chi connectivity index (χ3v) is 5.33. The minimum Gasteiger partial charge on any atom is -0.390 e. The number of aromatic nitrogens is 1. The van der Waals surface area contributed by atoms with E-state index in [9.17, 15) is 19.5 Å². The number of carbonyl (C=O) groups excluding carboxylic acids is 3. The Morgan fingerprint density at radius 1 is 1.13 bits per heavy atom. The standard InChI is InChI=1S/C22H36N4O4/c1-15(2)12-13-18(27)25(4)22(30)26(5)19(21(23)29)20(28)16(3)9-8-11-17-10-6-7-14-24-17/h6-7,10,14-16,19-20,28H,8-9,11-13H2,1-5H3,(H2,23,29)/t16-,19+,20-/m1/s1. The van der Waals surface area contributed by atoms with Gasteiger partial charge in [-0.3, -0.25) is 19.5 Å². The third kappa shape index (κ3) is 7.74. The summed E-state index contributed by atoms with van der Waals surface area (Å²) < 4.78 is 0. The van der Waals surface area contributed by atoms with Crippen LogP contribution in [0.15, 0.2) is 24.4 Å². The van der Waals surface area contributed by atoms with E-state index in [2.05, 4.69) is 4.98 Å². The molecule has 0 fully saturated rings. The minimum absolute atomic E-state index is 0.238. The molecule has 4 amide bonds. The molecular weight excluding hydrogens is 384 g/mol. The van der Waals surface area contributed by atoms with Crippen molar-refractivity contribution in [3.63, 3.8) is 0 Å². The molecule has 0 aliphatic carbocycles. The maximum atomic E-state index is 12.7. The van der Waals surface area contributed by atoms with Crippen molar-refractivity contribution in [3.05, 3.63) is 30.1 Å². The summed E-state index contributed by atoms with van der Waals surface area (Å²) in [7, 11) is 2.76. The molecule has 3 N–H and O–H groups in total. The number of carbonyl (C=O) groups is 3. The molecule has 0 aromatic carbocycles. The number of hydrogen-bond donors (Lipinski definition) is 2. The molecule has 0 spiro atoms. The van der Waals surface area contributed by atoms with E-state index in [1.807, 2.05) is 39.0 Å². The number of aryl methyl sites for hydroxylation is 1. The lowest BCUT2D eigenvalue weighted by Crippen LogP contribution is -2.57. The number of nitrogens with zero attached hydrogens (tertiary/aromatic N) is 3. The number of amides is 4. The first-order valence-corrected chi connectivity index (χ1v) is 10.5. The molecule has 1 rings (SSSR count). The predicted octanol–water partition coefficient (Wildman–Crippen LogP) is 2.20. The number of rotatable bonds is 11. The molecule has 0 radical (unpaired) electrons. The van der Waals surface area contributed by atoms with E-state index < -0.39 is 24.1 Å². The zero-order valence-corrected chi connectivity index (χ0v) is 18.7.